The molecule has 1 aliphatic rings. The number of amides is 2. The second-order valence-electron chi connectivity index (χ2n) is 11.4. The van der Waals surface area contributed by atoms with Gasteiger partial charge in [0.15, 0.2) is 0 Å². The molecule has 1 N–H and O–H groups in total. The molecule has 5 aromatic rings. The van der Waals surface area contributed by atoms with E-state index in [0.717, 1.165) is 10.6 Å². The van der Waals surface area contributed by atoms with Crippen LogP contribution in [0.25, 0.3) is 33.2 Å². The molecule has 0 spiro atoms. The van der Waals surface area contributed by atoms with Gasteiger partial charge in [0.1, 0.15) is 28.7 Å². The molecule has 234 valence electrons. The first-order valence-corrected chi connectivity index (χ1v) is 16.3. The molecule has 1 saturated heterocycles. The molecule has 0 radical (unpaired) electrons. The summed E-state index contributed by atoms with van der Waals surface area (Å²) in [7, 11) is 0.946. The number of nitrogens with zero attached hydrogens (tertiary/aromatic N) is 3. The average molecular weight is 635 g/mol. The van der Waals surface area contributed by atoms with E-state index < -0.39 is 27.6 Å². The number of furan rings is 1. The zero-order valence-electron chi connectivity index (χ0n) is 25.2. The van der Waals surface area contributed by atoms with Crippen LogP contribution in [0.5, 0.6) is 0 Å². The highest BCUT2D eigenvalue weighted by Gasteiger charge is 2.32. The first-order chi connectivity index (χ1) is 21.4. The number of carbonyl (C=O) groups excluding carboxylic acids is 2. The number of benzene rings is 3. The number of halogens is 2. The average Bonchev–Trinajstić information content (AvgIpc) is 3.57. The van der Waals surface area contributed by atoms with Crippen molar-refractivity contribution in [3.05, 3.63) is 89.1 Å². The second-order valence-corrected chi connectivity index (χ2v) is 13.4. The lowest BCUT2D eigenvalue weighted by molar-refractivity contribution is 0.0698. The molecule has 3 aromatic carbocycles. The SMILES string of the molecule is CNC(=O)c1c(-c2ccc(F)cc2)oc2cc(N(C)S(C)(=O)=O)c(C3CCCN(C(=O)c4cc5c(F)cccc5n4C)C3)cc12. The largest absolute Gasteiger partial charge is 0.455 e. The molecule has 9 nitrogen and oxygen atoms in total. The molecular weight excluding hydrogens is 602 g/mol. The van der Waals surface area contributed by atoms with E-state index in [1.54, 1.807) is 46.8 Å². The van der Waals surface area contributed by atoms with Gasteiger partial charge >= 0.3 is 0 Å². The Hall–Kier alpha value is -4.71. The predicted molar refractivity (Wildman–Crippen MR) is 169 cm³/mol. The predicted octanol–water partition coefficient (Wildman–Crippen LogP) is 5.64. The Balaban J connectivity index is 1.47. The molecule has 2 amide bonds. The number of fused-ring (bicyclic) bond motifs is 2. The quantitative estimate of drug-likeness (QED) is 0.260. The lowest BCUT2D eigenvalue weighted by Crippen LogP contribution is -2.40. The van der Waals surface area contributed by atoms with Gasteiger partial charge in [0, 0.05) is 62.6 Å². The van der Waals surface area contributed by atoms with Crippen molar-refractivity contribution in [1.29, 1.82) is 0 Å². The van der Waals surface area contributed by atoms with E-state index in [1.807, 2.05) is 0 Å². The van der Waals surface area contributed by atoms with E-state index in [1.165, 1.54) is 44.4 Å². The molecule has 3 heterocycles. The molecule has 2 aromatic heterocycles. The van der Waals surface area contributed by atoms with Crippen molar-refractivity contribution in [2.75, 3.05) is 37.7 Å². The van der Waals surface area contributed by atoms with Crippen LogP contribution in [0.1, 0.15) is 45.2 Å². The fraction of sp³-hybridized carbons (Fsp3) is 0.273. The Morgan fingerprint density at radius 2 is 1.78 bits per heavy atom. The fourth-order valence-electron chi connectivity index (χ4n) is 6.19. The summed E-state index contributed by atoms with van der Waals surface area (Å²) < 4.78 is 62.8. The maximum absolute atomic E-state index is 14.5. The highest BCUT2D eigenvalue weighted by atomic mass is 32.2. The zero-order valence-corrected chi connectivity index (χ0v) is 26.0. The van der Waals surface area contributed by atoms with Gasteiger partial charge in [-0.3, -0.25) is 13.9 Å². The number of likely N-dealkylation sites (tertiary alicyclic amines) is 1. The third-order valence-corrected chi connectivity index (χ3v) is 9.83. The van der Waals surface area contributed by atoms with Gasteiger partial charge in [-0.1, -0.05) is 6.07 Å². The molecule has 1 fully saturated rings. The highest BCUT2D eigenvalue weighted by Crippen LogP contribution is 2.42. The third kappa shape index (κ3) is 5.33. The number of rotatable bonds is 6. The first-order valence-electron chi connectivity index (χ1n) is 14.4. The summed E-state index contributed by atoms with van der Waals surface area (Å²) in [6.07, 6.45) is 2.39. The number of anilines is 1. The van der Waals surface area contributed by atoms with E-state index >= 15 is 0 Å². The highest BCUT2D eigenvalue weighted by molar-refractivity contribution is 7.92. The molecule has 1 unspecified atom stereocenters. The van der Waals surface area contributed by atoms with Crippen LogP contribution in [0.4, 0.5) is 14.5 Å². The van der Waals surface area contributed by atoms with Gasteiger partial charge in [0.05, 0.1) is 23.0 Å². The lowest BCUT2D eigenvalue weighted by atomic mass is 9.88. The van der Waals surface area contributed by atoms with Crippen LogP contribution in [-0.4, -0.2) is 63.1 Å². The zero-order chi connectivity index (χ0) is 32.2. The minimum atomic E-state index is -3.71. The summed E-state index contributed by atoms with van der Waals surface area (Å²) in [4.78, 5) is 28.7. The number of hydrogen-bond acceptors (Lipinski definition) is 5. The van der Waals surface area contributed by atoms with Crippen LogP contribution in [0.2, 0.25) is 0 Å². The maximum atomic E-state index is 14.5. The smallest absolute Gasteiger partial charge is 0.270 e. The summed E-state index contributed by atoms with van der Waals surface area (Å²) in [5.41, 5.74) is 2.94. The van der Waals surface area contributed by atoms with Crippen LogP contribution in [0, 0.1) is 11.6 Å². The minimum Gasteiger partial charge on any atom is -0.455 e. The summed E-state index contributed by atoms with van der Waals surface area (Å²) in [6.45, 7) is 0.750. The number of aryl methyl sites for hydroxylation is 1. The summed E-state index contributed by atoms with van der Waals surface area (Å²) in [6, 6.07) is 15.2. The molecule has 12 heteroatoms. The number of hydrogen-bond donors (Lipinski definition) is 1. The van der Waals surface area contributed by atoms with E-state index in [0.29, 0.717) is 58.2 Å². The van der Waals surface area contributed by atoms with Gasteiger partial charge in [0.25, 0.3) is 11.8 Å². The lowest BCUT2D eigenvalue weighted by Gasteiger charge is -2.35. The van der Waals surface area contributed by atoms with E-state index in [9.17, 15) is 26.8 Å². The number of carbonyl (C=O) groups is 2. The van der Waals surface area contributed by atoms with Crippen LogP contribution >= 0.6 is 0 Å². The van der Waals surface area contributed by atoms with E-state index in [2.05, 4.69) is 5.32 Å². The summed E-state index contributed by atoms with van der Waals surface area (Å²) in [5.74, 6) is -1.61. The molecule has 0 aliphatic carbocycles. The monoisotopic (exact) mass is 634 g/mol. The van der Waals surface area contributed by atoms with Crippen molar-refractivity contribution in [3.8, 4) is 11.3 Å². The maximum Gasteiger partial charge on any atom is 0.270 e. The van der Waals surface area contributed by atoms with Crippen molar-refractivity contribution in [2.24, 2.45) is 7.05 Å². The minimum absolute atomic E-state index is 0.220. The fourth-order valence-corrected chi connectivity index (χ4v) is 6.70. The molecular formula is C33H32F2N4O5S. The van der Waals surface area contributed by atoms with Gasteiger partial charge in [-0.15, -0.1) is 0 Å². The molecule has 45 heavy (non-hydrogen) atoms. The van der Waals surface area contributed by atoms with Crippen LogP contribution < -0.4 is 9.62 Å². The van der Waals surface area contributed by atoms with Crippen molar-refractivity contribution in [1.82, 2.24) is 14.8 Å². The normalized spacial score (nSPS) is 15.5. The van der Waals surface area contributed by atoms with Crippen LogP contribution in [0.3, 0.4) is 0 Å². The van der Waals surface area contributed by atoms with E-state index in [-0.39, 0.29) is 35.3 Å². The Kier molecular flexibility index (Phi) is 7.64. The van der Waals surface area contributed by atoms with Gasteiger partial charge < -0.3 is 19.2 Å². The van der Waals surface area contributed by atoms with Gasteiger partial charge in [-0.2, -0.15) is 0 Å². The Morgan fingerprint density at radius 1 is 1.04 bits per heavy atom. The molecule has 6 rings (SSSR count). The molecule has 1 atom stereocenters. The molecule has 0 bridgehead atoms. The van der Waals surface area contributed by atoms with Gasteiger partial charge in [-0.25, -0.2) is 17.2 Å². The third-order valence-electron chi connectivity index (χ3n) is 8.64. The van der Waals surface area contributed by atoms with Crippen molar-refractivity contribution < 1.29 is 31.2 Å². The number of piperidine rings is 1. The Labute approximate surface area is 259 Å². The Bertz CT molecular complexity index is 2090. The van der Waals surface area contributed by atoms with Crippen LogP contribution in [-0.2, 0) is 17.1 Å². The standard InChI is InChI=1S/C33H32F2N4O5S/c1-36-32(40)30-24-15-22(27(38(3)45(4,42)43)17-29(24)44-31(30)19-10-12-21(34)13-11-19)20-7-6-14-39(18-20)33(41)28-16-23-25(35)8-5-9-26(23)37(28)2/h5,8-13,15-17,20H,6-7,14,18H2,1-4H3,(H,36,40). The number of nitrogens with one attached hydrogen (secondary N) is 1. The number of aromatic nitrogens is 1. The molecule has 1 aliphatic heterocycles. The van der Waals surface area contributed by atoms with Gasteiger partial charge in [0.2, 0.25) is 10.0 Å². The summed E-state index contributed by atoms with van der Waals surface area (Å²) >= 11 is 0. The second kappa shape index (κ2) is 11.3. The number of sulfonamides is 1. The van der Waals surface area contributed by atoms with E-state index in [4.69, 9.17) is 4.42 Å². The Morgan fingerprint density at radius 3 is 2.44 bits per heavy atom. The topological polar surface area (TPSA) is 105 Å². The van der Waals surface area contributed by atoms with Crippen molar-refractivity contribution in [2.45, 2.75) is 18.8 Å². The van der Waals surface area contributed by atoms with Crippen LogP contribution in [0.15, 0.2) is 65.1 Å². The first kappa shape index (κ1) is 30.3. The summed E-state index contributed by atoms with van der Waals surface area (Å²) in [5, 5.41) is 3.46. The van der Waals surface area contributed by atoms with Crippen molar-refractivity contribution >= 4 is 49.4 Å². The van der Waals surface area contributed by atoms with Crippen molar-refractivity contribution in [3.63, 3.8) is 0 Å². The van der Waals surface area contributed by atoms with Gasteiger partial charge in [-0.05, 0) is 66.9 Å². The molecule has 0 saturated carbocycles.